The maximum absolute atomic E-state index is 14.7. The number of carbonyl (C=O) groups excluding carboxylic acids is 2. The third-order valence-corrected chi connectivity index (χ3v) is 13.3. The fourth-order valence-electron chi connectivity index (χ4n) is 10.4. The Bertz CT molecular complexity index is 1290. The molecule has 0 unspecified atom stereocenters. The number of nitrogens with zero attached hydrogens (tertiary/aromatic N) is 1. The molecule has 6 rings (SSSR count). The number of methoxy groups -OCH3 is 3. The molecule has 11 heteroatoms. The van der Waals surface area contributed by atoms with E-state index in [1.54, 1.807) is 21.3 Å². The molecule has 0 radical (unpaired) electrons. The first-order chi connectivity index (χ1) is 25.0. The van der Waals surface area contributed by atoms with Crippen LogP contribution in [0.25, 0.3) is 0 Å². The van der Waals surface area contributed by atoms with Crippen LogP contribution in [-0.2, 0) is 47.5 Å². The van der Waals surface area contributed by atoms with E-state index in [1.807, 2.05) is 13.8 Å². The average molecular weight is 732 g/mol. The van der Waals surface area contributed by atoms with Gasteiger partial charge in [0.25, 0.3) is 0 Å². The standard InChI is InChI=1S/C41H65NO10/c1-10-26-12-11-13-34(52-36-17-16-33(42(5)6)23(3)48-36)22(2)37(44)32-20-30-28(31(32)21-35(43)50-26)15-14-25-18-27(19-29(25)30)51-41-40(47-9)39(46-8)38(45-7)24(4)49-41/h14-15,20,22-31,33-34,36,38-41H,10-13,16-19,21H2,1-9H3/t22-,23+,24+,25-,26+,27-,28-,29-,30-,31+,33+,34-,36-,38+,39-,40-,41+/m1/s1. The van der Waals surface area contributed by atoms with Crippen LogP contribution in [0.1, 0.15) is 85.5 Å². The summed E-state index contributed by atoms with van der Waals surface area (Å²) in [6, 6.07) is 0.339. The summed E-state index contributed by atoms with van der Waals surface area (Å²) in [6.07, 6.45) is 10.8. The van der Waals surface area contributed by atoms with Crippen LogP contribution < -0.4 is 0 Å². The van der Waals surface area contributed by atoms with Crippen molar-refractivity contribution in [3.8, 4) is 0 Å². The molecule has 3 aliphatic carbocycles. The Morgan fingerprint density at radius 1 is 0.827 bits per heavy atom. The largest absolute Gasteiger partial charge is 0.462 e. The molecule has 0 aromatic heterocycles. The zero-order valence-corrected chi connectivity index (χ0v) is 32.9. The normalized spacial score (nSPS) is 45.7. The Labute approximate surface area is 311 Å². The summed E-state index contributed by atoms with van der Waals surface area (Å²) in [5.74, 6) is 0.0198. The van der Waals surface area contributed by atoms with Gasteiger partial charge in [0.1, 0.15) is 24.4 Å². The summed E-state index contributed by atoms with van der Waals surface area (Å²) in [5.41, 5.74) is 0.763. The minimum Gasteiger partial charge on any atom is -0.462 e. The maximum atomic E-state index is 14.7. The number of hydrogen-bond acceptors (Lipinski definition) is 11. The smallest absolute Gasteiger partial charge is 0.306 e. The molecule has 3 aliphatic heterocycles. The number of Topliss-reactive ketones (excluding diaryl/α,β-unsaturated/α-hetero) is 1. The summed E-state index contributed by atoms with van der Waals surface area (Å²) < 4.78 is 49.5. The topological polar surface area (TPSA) is 111 Å². The van der Waals surface area contributed by atoms with Crippen LogP contribution in [0.4, 0.5) is 0 Å². The van der Waals surface area contributed by atoms with Crippen molar-refractivity contribution in [1.82, 2.24) is 4.90 Å². The monoisotopic (exact) mass is 731 g/mol. The summed E-state index contributed by atoms with van der Waals surface area (Å²) in [6.45, 7) is 8.17. The third kappa shape index (κ3) is 8.27. The molecule has 294 valence electrons. The number of hydrogen-bond donors (Lipinski definition) is 0. The molecule has 0 aromatic rings. The first kappa shape index (κ1) is 40.0. The van der Waals surface area contributed by atoms with E-state index in [9.17, 15) is 9.59 Å². The molecule has 17 atom stereocenters. The van der Waals surface area contributed by atoms with Gasteiger partial charge >= 0.3 is 5.97 Å². The van der Waals surface area contributed by atoms with E-state index >= 15 is 0 Å². The Morgan fingerprint density at radius 3 is 2.25 bits per heavy atom. The highest BCUT2D eigenvalue weighted by Gasteiger charge is 2.52. The molecule has 6 aliphatic rings. The van der Waals surface area contributed by atoms with Gasteiger partial charge in [0, 0.05) is 39.2 Å². The second kappa shape index (κ2) is 17.4. The number of cyclic esters (lactones) is 1. The number of fused-ring (bicyclic) bond motifs is 5. The van der Waals surface area contributed by atoms with Gasteiger partial charge in [0.15, 0.2) is 18.4 Å². The van der Waals surface area contributed by atoms with Crippen molar-refractivity contribution in [2.45, 2.75) is 153 Å². The molecule has 4 fully saturated rings. The Hall–Kier alpha value is -1.70. The predicted octanol–water partition coefficient (Wildman–Crippen LogP) is 5.49. The molecule has 52 heavy (non-hydrogen) atoms. The Morgan fingerprint density at radius 2 is 1.58 bits per heavy atom. The van der Waals surface area contributed by atoms with Crippen LogP contribution in [0.15, 0.2) is 23.8 Å². The zero-order chi connectivity index (χ0) is 37.3. The number of esters is 1. The van der Waals surface area contributed by atoms with Crippen molar-refractivity contribution < 1.29 is 47.5 Å². The average Bonchev–Trinajstić information content (AvgIpc) is 3.70. The van der Waals surface area contributed by atoms with Crippen molar-refractivity contribution in [3.05, 3.63) is 23.8 Å². The van der Waals surface area contributed by atoms with Gasteiger partial charge in [-0.2, -0.15) is 0 Å². The van der Waals surface area contributed by atoms with Gasteiger partial charge in [-0.05, 0) is 109 Å². The number of allylic oxidation sites excluding steroid dienone is 4. The lowest BCUT2D eigenvalue weighted by molar-refractivity contribution is -0.314. The van der Waals surface area contributed by atoms with Gasteiger partial charge in [0.2, 0.25) is 0 Å². The highest BCUT2D eigenvalue weighted by molar-refractivity contribution is 5.99. The number of rotatable bonds is 9. The summed E-state index contributed by atoms with van der Waals surface area (Å²) in [5, 5.41) is 0. The number of carbonyl (C=O) groups is 2. The Kier molecular flexibility index (Phi) is 13.4. The van der Waals surface area contributed by atoms with Crippen LogP contribution in [0.2, 0.25) is 0 Å². The van der Waals surface area contributed by atoms with E-state index in [0.29, 0.717) is 18.4 Å². The summed E-state index contributed by atoms with van der Waals surface area (Å²) >= 11 is 0. The lowest BCUT2D eigenvalue weighted by Gasteiger charge is -2.44. The number of likely N-dealkylation sites (N-methyl/N-ethyl adjacent to an activating group) is 1. The van der Waals surface area contributed by atoms with Crippen LogP contribution >= 0.6 is 0 Å². The van der Waals surface area contributed by atoms with Crippen molar-refractivity contribution in [2.24, 2.45) is 35.5 Å². The lowest BCUT2D eigenvalue weighted by Crippen LogP contribution is -2.59. The first-order valence-corrected chi connectivity index (χ1v) is 20.0. The summed E-state index contributed by atoms with van der Waals surface area (Å²) in [4.78, 5) is 30.4. The van der Waals surface area contributed by atoms with Crippen molar-refractivity contribution in [3.63, 3.8) is 0 Å². The van der Waals surface area contributed by atoms with E-state index < -0.39 is 12.4 Å². The van der Waals surface area contributed by atoms with Gasteiger partial charge in [-0.1, -0.05) is 32.1 Å². The molecule has 0 bridgehead atoms. The molecule has 3 heterocycles. The van der Waals surface area contributed by atoms with Crippen LogP contribution in [0.3, 0.4) is 0 Å². The van der Waals surface area contributed by atoms with Gasteiger partial charge < -0.3 is 42.8 Å². The Balaban J connectivity index is 1.20. The van der Waals surface area contributed by atoms with Crippen LogP contribution in [-0.4, -0.2) is 120 Å². The van der Waals surface area contributed by atoms with E-state index in [-0.39, 0.29) is 96.8 Å². The van der Waals surface area contributed by atoms with Crippen molar-refractivity contribution in [2.75, 3.05) is 35.4 Å². The van der Waals surface area contributed by atoms with Crippen LogP contribution in [0, 0.1) is 35.5 Å². The molecule has 0 N–H and O–H groups in total. The van der Waals surface area contributed by atoms with E-state index in [2.05, 4.69) is 51.1 Å². The molecular weight excluding hydrogens is 666 g/mol. The number of ether oxygens (including phenoxy) is 8. The van der Waals surface area contributed by atoms with Gasteiger partial charge in [-0.3, -0.25) is 9.59 Å². The molecule has 1 saturated carbocycles. The van der Waals surface area contributed by atoms with E-state index in [4.69, 9.17) is 37.9 Å². The molecule has 0 spiro atoms. The highest BCUT2D eigenvalue weighted by atomic mass is 16.7. The molecular formula is C41H65NO10. The number of ketones is 1. The first-order valence-electron chi connectivity index (χ1n) is 20.0. The zero-order valence-electron chi connectivity index (χ0n) is 32.9. The van der Waals surface area contributed by atoms with E-state index in [1.165, 1.54) is 0 Å². The quantitative estimate of drug-likeness (QED) is 0.222. The molecule has 0 amide bonds. The molecule has 0 aromatic carbocycles. The highest BCUT2D eigenvalue weighted by Crippen LogP contribution is 2.54. The minimum atomic E-state index is -0.594. The van der Waals surface area contributed by atoms with Crippen LogP contribution in [0.5, 0.6) is 0 Å². The second-order valence-corrected chi connectivity index (χ2v) is 16.5. The van der Waals surface area contributed by atoms with Crippen molar-refractivity contribution >= 4 is 11.8 Å². The molecule has 3 saturated heterocycles. The summed E-state index contributed by atoms with van der Waals surface area (Å²) in [7, 11) is 9.15. The fraction of sp³-hybridized carbons (Fsp3) is 0.854. The van der Waals surface area contributed by atoms with Gasteiger partial charge in [-0.15, -0.1) is 0 Å². The fourth-order valence-corrected chi connectivity index (χ4v) is 10.4. The lowest BCUT2D eigenvalue weighted by atomic mass is 9.70. The minimum absolute atomic E-state index is 0.0380. The second-order valence-electron chi connectivity index (χ2n) is 16.5. The predicted molar refractivity (Wildman–Crippen MR) is 194 cm³/mol. The maximum Gasteiger partial charge on any atom is 0.306 e. The van der Waals surface area contributed by atoms with Gasteiger partial charge in [-0.25, -0.2) is 0 Å². The van der Waals surface area contributed by atoms with Gasteiger partial charge in [0.05, 0.1) is 30.8 Å². The van der Waals surface area contributed by atoms with Crippen molar-refractivity contribution in [1.29, 1.82) is 0 Å². The third-order valence-electron chi connectivity index (χ3n) is 13.3. The SMILES string of the molecule is CC[C@H]1CCC[C@@H](O[C@@H]2CC[C@H](N(C)C)[C@H](C)O2)[C@@H](C)C(=O)C2=C[C@@H]3[C@@H](C=C[C@@H]4C[C@@H](O[C@@H]5O[C@@H](C)[C@H](OC)[C@@H](OC)[C@H]5OC)C[C@@H]34)[C@@H]2CC(=O)O1. The molecule has 11 nitrogen and oxygen atoms in total. The van der Waals surface area contributed by atoms with E-state index in [0.717, 1.165) is 50.5 Å².